The van der Waals surface area contributed by atoms with E-state index in [1.807, 2.05) is 4.90 Å². The summed E-state index contributed by atoms with van der Waals surface area (Å²) in [6.45, 7) is 3.21. The number of phenols is 1. The summed E-state index contributed by atoms with van der Waals surface area (Å²) in [6, 6.07) is 4.98. The number of nitrogens with one attached hydrogen (secondary N) is 1. The third kappa shape index (κ3) is 4.51. The predicted molar refractivity (Wildman–Crippen MR) is 100 cm³/mol. The normalized spacial score (nSPS) is 17.3. The Morgan fingerprint density at radius 3 is 2.93 bits per heavy atom. The molecule has 1 saturated heterocycles. The van der Waals surface area contributed by atoms with Crippen LogP contribution in [0.3, 0.4) is 0 Å². The van der Waals surface area contributed by atoms with Crippen LogP contribution in [0.25, 0.3) is 11.3 Å². The summed E-state index contributed by atoms with van der Waals surface area (Å²) in [7, 11) is 0. The van der Waals surface area contributed by atoms with Gasteiger partial charge in [0.1, 0.15) is 11.4 Å². The highest BCUT2D eigenvalue weighted by atomic mass is 16.4. The molecule has 8 heteroatoms. The topological polar surface area (TPSA) is 111 Å². The molecule has 1 fully saturated rings. The number of nitrogens with zero attached hydrogens (tertiary/aromatic N) is 4. The van der Waals surface area contributed by atoms with Crippen LogP contribution in [0.4, 0.5) is 5.95 Å². The molecule has 1 aromatic carbocycles. The number of rotatable bonds is 5. The molecule has 0 aliphatic carbocycles. The Morgan fingerprint density at radius 1 is 1.44 bits per heavy atom. The van der Waals surface area contributed by atoms with E-state index in [0.717, 1.165) is 19.4 Å². The first-order valence-corrected chi connectivity index (χ1v) is 8.68. The highest BCUT2D eigenvalue weighted by Crippen LogP contribution is 2.30. The molecule has 1 atom stereocenters. The lowest BCUT2D eigenvalue weighted by Crippen LogP contribution is -2.44. The third-order valence-electron chi connectivity index (χ3n) is 4.48. The van der Waals surface area contributed by atoms with Gasteiger partial charge in [0.05, 0.1) is 12.2 Å². The second kappa shape index (κ2) is 8.01. The zero-order chi connectivity index (χ0) is 19.4. The van der Waals surface area contributed by atoms with Crippen molar-refractivity contribution < 1.29 is 15.0 Å². The summed E-state index contributed by atoms with van der Waals surface area (Å²) >= 11 is 0. The van der Waals surface area contributed by atoms with Gasteiger partial charge in [-0.15, -0.1) is 16.6 Å². The van der Waals surface area contributed by atoms with E-state index in [0.29, 0.717) is 35.0 Å². The molecule has 3 rings (SSSR count). The second-order valence-electron chi connectivity index (χ2n) is 6.56. The minimum atomic E-state index is -0.829. The number of aromatic nitrogens is 3. The molecule has 0 saturated carbocycles. The van der Waals surface area contributed by atoms with Gasteiger partial charge in [0, 0.05) is 23.7 Å². The number of carboxylic acids is 1. The highest BCUT2D eigenvalue weighted by molar-refractivity contribution is 5.70. The number of aliphatic carboxylic acids is 1. The van der Waals surface area contributed by atoms with Crippen LogP contribution in [0.5, 0.6) is 5.75 Å². The maximum absolute atomic E-state index is 10.9. The fourth-order valence-corrected chi connectivity index (χ4v) is 3.23. The van der Waals surface area contributed by atoms with Crippen molar-refractivity contribution in [3.05, 3.63) is 29.5 Å². The summed E-state index contributed by atoms with van der Waals surface area (Å²) < 4.78 is 0. The van der Waals surface area contributed by atoms with Gasteiger partial charge in [-0.1, -0.05) is 5.92 Å². The van der Waals surface area contributed by atoms with Crippen molar-refractivity contribution in [2.24, 2.45) is 0 Å². The van der Waals surface area contributed by atoms with E-state index in [1.54, 1.807) is 19.1 Å². The van der Waals surface area contributed by atoms with Crippen molar-refractivity contribution in [1.29, 1.82) is 0 Å². The summed E-state index contributed by atoms with van der Waals surface area (Å²) in [5, 5.41) is 30.7. The van der Waals surface area contributed by atoms with Crippen LogP contribution in [0.15, 0.2) is 18.2 Å². The Hall–Kier alpha value is -3.18. The number of hydrogen-bond donors (Lipinski definition) is 3. The molecular formula is C19H21N5O3. The third-order valence-corrected chi connectivity index (χ3v) is 4.48. The number of terminal acetylenes is 1. The average molecular weight is 367 g/mol. The number of piperidine rings is 1. The molecule has 1 unspecified atom stereocenters. The standard InChI is InChI=1S/C19H21N5O3/c1-3-13-6-7-15(16(25)9-13)18-12(2)20-19(23-22-18)21-14-5-4-8-24(10-14)11-17(26)27/h1,6-7,9,14,25H,4-5,8,10-11H2,2H3,(H,26,27)(H,20,21,23). The molecule has 1 aliphatic rings. The number of carbonyl (C=O) groups is 1. The molecule has 0 amide bonds. The molecule has 0 spiro atoms. The highest BCUT2D eigenvalue weighted by Gasteiger charge is 2.22. The molecule has 1 aromatic heterocycles. The van der Waals surface area contributed by atoms with E-state index in [9.17, 15) is 9.90 Å². The molecule has 140 valence electrons. The van der Waals surface area contributed by atoms with Crippen LogP contribution in [-0.2, 0) is 4.79 Å². The lowest BCUT2D eigenvalue weighted by atomic mass is 10.1. The minimum absolute atomic E-state index is 0.0296. The smallest absolute Gasteiger partial charge is 0.317 e. The van der Waals surface area contributed by atoms with E-state index in [4.69, 9.17) is 11.5 Å². The Balaban J connectivity index is 1.73. The van der Waals surface area contributed by atoms with E-state index >= 15 is 0 Å². The van der Waals surface area contributed by atoms with Crippen LogP contribution in [0, 0.1) is 19.3 Å². The summed E-state index contributed by atoms with van der Waals surface area (Å²) in [4.78, 5) is 17.2. The number of carboxylic acid groups (broad SMARTS) is 1. The lowest BCUT2D eigenvalue weighted by molar-refractivity contribution is -0.138. The van der Waals surface area contributed by atoms with Crippen molar-refractivity contribution in [1.82, 2.24) is 20.1 Å². The van der Waals surface area contributed by atoms with Gasteiger partial charge in [-0.2, -0.15) is 0 Å². The molecular weight excluding hydrogens is 346 g/mol. The van der Waals surface area contributed by atoms with Gasteiger partial charge in [0.15, 0.2) is 0 Å². The van der Waals surface area contributed by atoms with Crippen molar-refractivity contribution in [2.75, 3.05) is 25.0 Å². The van der Waals surface area contributed by atoms with Crippen molar-refractivity contribution >= 4 is 11.9 Å². The molecule has 2 heterocycles. The van der Waals surface area contributed by atoms with Crippen LogP contribution in [0.1, 0.15) is 24.1 Å². The first-order chi connectivity index (χ1) is 13.0. The number of benzene rings is 1. The Bertz CT molecular complexity index is 893. The molecule has 1 aliphatic heterocycles. The lowest BCUT2D eigenvalue weighted by Gasteiger charge is -2.31. The number of aryl methyl sites for hydroxylation is 1. The summed E-state index contributed by atoms with van der Waals surface area (Å²) in [6.07, 6.45) is 7.16. The molecule has 0 radical (unpaired) electrons. The van der Waals surface area contributed by atoms with Crippen LogP contribution in [0.2, 0.25) is 0 Å². The maximum atomic E-state index is 10.9. The first-order valence-electron chi connectivity index (χ1n) is 8.68. The van der Waals surface area contributed by atoms with E-state index in [-0.39, 0.29) is 18.3 Å². The monoisotopic (exact) mass is 367 g/mol. The number of aromatic hydroxyl groups is 1. The first kappa shape index (κ1) is 18.6. The average Bonchev–Trinajstić information content (AvgIpc) is 2.62. The van der Waals surface area contributed by atoms with Crippen molar-refractivity contribution in [3.8, 4) is 29.4 Å². The largest absolute Gasteiger partial charge is 0.507 e. The molecule has 8 nitrogen and oxygen atoms in total. The molecule has 2 aromatic rings. The quantitative estimate of drug-likeness (QED) is 0.682. The van der Waals surface area contributed by atoms with Crippen molar-refractivity contribution in [3.63, 3.8) is 0 Å². The van der Waals surface area contributed by atoms with Crippen LogP contribution < -0.4 is 5.32 Å². The van der Waals surface area contributed by atoms with Gasteiger partial charge in [-0.05, 0) is 44.5 Å². The van der Waals surface area contributed by atoms with E-state index in [1.165, 1.54) is 6.07 Å². The van der Waals surface area contributed by atoms with Gasteiger partial charge in [-0.3, -0.25) is 9.69 Å². The number of hydrogen-bond acceptors (Lipinski definition) is 7. The Morgan fingerprint density at radius 2 is 2.26 bits per heavy atom. The zero-order valence-corrected chi connectivity index (χ0v) is 15.0. The summed E-state index contributed by atoms with van der Waals surface area (Å²) in [5.41, 5.74) is 2.20. The van der Waals surface area contributed by atoms with E-state index in [2.05, 4.69) is 26.4 Å². The predicted octanol–water partition coefficient (Wildman–Crippen LogP) is 1.49. The van der Waals surface area contributed by atoms with E-state index < -0.39 is 5.97 Å². The number of likely N-dealkylation sites (tertiary alicyclic amines) is 1. The molecule has 0 bridgehead atoms. The fourth-order valence-electron chi connectivity index (χ4n) is 3.23. The zero-order valence-electron chi connectivity index (χ0n) is 15.0. The van der Waals surface area contributed by atoms with Gasteiger partial charge in [0.25, 0.3) is 0 Å². The second-order valence-corrected chi connectivity index (χ2v) is 6.56. The number of phenolic OH excluding ortho intramolecular Hbond substituents is 1. The Labute approximate surface area is 157 Å². The van der Waals surface area contributed by atoms with Gasteiger partial charge in [-0.25, -0.2) is 4.98 Å². The van der Waals surface area contributed by atoms with Gasteiger partial charge < -0.3 is 15.5 Å². The van der Waals surface area contributed by atoms with Gasteiger partial charge >= 0.3 is 5.97 Å². The van der Waals surface area contributed by atoms with Crippen LogP contribution >= 0.6 is 0 Å². The van der Waals surface area contributed by atoms with Gasteiger partial charge in [0.2, 0.25) is 5.95 Å². The number of anilines is 1. The SMILES string of the molecule is C#Cc1ccc(-c2nnc(NC3CCCN(CC(=O)O)C3)nc2C)c(O)c1. The fraction of sp³-hybridized carbons (Fsp3) is 0.368. The maximum Gasteiger partial charge on any atom is 0.317 e. The van der Waals surface area contributed by atoms with Crippen molar-refractivity contribution in [2.45, 2.75) is 25.8 Å². The molecule has 3 N–H and O–H groups in total. The van der Waals surface area contributed by atoms with Crippen LogP contribution in [-0.4, -0.2) is 61.9 Å². The Kier molecular flexibility index (Phi) is 5.52. The summed E-state index contributed by atoms with van der Waals surface area (Å²) in [5.74, 6) is 2.06. The minimum Gasteiger partial charge on any atom is -0.507 e. The molecule has 27 heavy (non-hydrogen) atoms.